The molecule has 6 heteroatoms. The van der Waals surface area contributed by atoms with Crippen molar-refractivity contribution in [1.29, 1.82) is 0 Å². The standard InChI is InChI=1S/C18H27N3O2S/c1-11-9-15(18(5,6)7)10-12(2)17(11)24(22,23)20-16-13(3)19-21(8)14(16)4/h9-10,20H,1-8H3. The topological polar surface area (TPSA) is 64.0 Å². The van der Waals surface area contributed by atoms with Gasteiger partial charge in [0.2, 0.25) is 0 Å². The maximum Gasteiger partial charge on any atom is 0.262 e. The van der Waals surface area contributed by atoms with Crippen LogP contribution < -0.4 is 4.72 Å². The molecule has 0 aliphatic carbocycles. The van der Waals surface area contributed by atoms with E-state index in [-0.39, 0.29) is 5.41 Å². The Kier molecular flexibility index (Phi) is 4.57. The summed E-state index contributed by atoms with van der Waals surface area (Å²) in [6, 6.07) is 3.93. The number of hydrogen-bond donors (Lipinski definition) is 1. The Hall–Kier alpha value is -1.82. The molecule has 1 aromatic carbocycles. The van der Waals surface area contributed by atoms with E-state index in [1.807, 2.05) is 32.9 Å². The first-order valence-corrected chi connectivity index (χ1v) is 9.47. The molecule has 0 fully saturated rings. The van der Waals surface area contributed by atoms with Gasteiger partial charge in [0.05, 0.1) is 22.0 Å². The monoisotopic (exact) mass is 349 g/mol. The molecule has 0 saturated heterocycles. The minimum absolute atomic E-state index is 0.0260. The van der Waals surface area contributed by atoms with E-state index in [0.717, 1.165) is 22.4 Å². The van der Waals surface area contributed by atoms with Gasteiger partial charge < -0.3 is 0 Å². The van der Waals surface area contributed by atoms with Crippen LogP contribution in [0.25, 0.3) is 0 Å². The van der Waals surface area contributed by atoms with Crippen molar-refractivity contribution in [3.63, 3.8) is 0 Å². The van der Waals surface area contributed by atoms with Crippen LogP contribution in [0.2, 0.25) is 0 Å². The van der Waals surface area contributed by atoms with Gasteiger partial charge in [-0.05, 0) is 49.8 Å². The van der Waals surface area contributed by atoms with E-state index in [2.05, 4.69) is 30.6 Å². The van der Waals surface area contributed by atoms with Gasteiger partial charge in [0.1, 0.15) is 0 Å². The van der Waals surface area contributed by atoms with Crippen molar-refractivity contribution in [2.75, 3.05) is 4.72 Å². The lowest BCUT2D eigenvalue weighted by Crippen LogP contribution is -2.19. The van der Waals surface area contributed by atoms with Crippen LogP contribution in [0.15, 0.2) is 17.0 Å². The van der Waals surface area contributed by atoms with Crippen molar-refractivity contribution >= 4 is 15.7 Å². The molecule has 2 aromatic rings. The lowest BCUT2D eigenvalue weighted by atomic mass is 9.85. The Morgan fingerprint density at radius 2 is 1.54 bits per heavy atom. The van der Waals surface area contributed by atoms with Gasteiger partial charge in [0.25, 0.3) is 10.0 Å². The summed E-state index contributed by atoms with van der Waals surface area (Å²) in [4.78, 5) is 0.346. The van der Waals surface area contributed by atoms with Crippen LogP contribution in [0.5, 0.6) is 0 Å². The molecular weight excluding hydrogens is 322 g/mol. The quantitative estimate of drug-likeness (QED) is 0.918. The summed E-state index contributed by atoms with van der Waals surface area (Å²) in [5, 5.41) is 4.27. The fourth-order valence-electron chi connectivity index (χ4n) is 2.91. The van der Waals surface area contributed by atoms with Crippen LogP contribution in [0.4, 0.5) is 5.69 Å². The lowest BCUT2D eigenvalue weighted by molar-refractivity contribution is 0.585. The van der Waals surface area contributed by atoms with Crippen molar-refractivity contribution in [1.82, 2.24) is 9.78 Å². The van der Waals surface area contributed by atoms with E-state index in [0.29, 0.717) is 16.3 Å². The summed E-state index contributed by atoms with van der Waals surface area (Å²) < 4.78 is 30.3. The van der Waals surface area contributed by atoms with E-state index >= 15 is 0 Å². The Morgan fingerprint density at radius 1 is 1.04 bits per heavy atom. The summed E-state index contributed by atoms with van der Waals surface area (Å²) in [6.07, 6.45) is 0. The van der Waals surface area contributed by atoms with Crippen molar-refractivity contribution < 1.29 is 8.42 Å². The Balaban J connectivity index is 2.54. The Bertz CT molecular complexity index is 865. The van der Waals surface area contributed by atoms with Gasteiger partial charge >= 0.3 is 0 Å². The number of nitrogens with zero attached hydrogens (tertiary/aromatic N) is 2. The van der Waals surface area contributed by atoms with Crippen molar-refractivity contribution in [2.24, 2.45) is 7.05 Å². The maximum absolute atomic E-state index is 13.0. The number of nitrogens with one attached hydrogen (secondary N) is 1. The number of benzene rings is 1. The molecule has 1 heterocycles. The number of anilines is 1. The summed E-state index contributed by atoms with van der Waals surface area (Å²) in [7, 11) is -1.87. The molecule has 0 spiro atoms. The minimum atomic E-state index is -3.67. The second kappa shape index (κ2) is 5.92. The van der Waals surface area contributed by atoms with Crippen LogP contribution in [0.1, 0.15) is 48.8 Å². The van der Waals surface area contributed by atoms with Gasteiger partial charge in [0, 0.05) is 7.05 Å². The van der Waals surface area contributed by atoms with Crippen molar-refractivity contribution in [3.8, 4) is 0 Å². The fourth-order valence-corrected chi connectivity index (χ4v) is 4.55. The van der Waals surface area contributed by atoms with Crippen molar-refractivity contribution in [3.05, 3.63) is 40.2 Å². The van der Waals surface area contributed by atoms with E-state index in [4.69, 9.17) is 0 Å². The molecule has 1 N–H and O–H groups in total. The van der Waals surface area contributed by atoms with E-state index < -0.39 is 10.0 Å². The second-order valence-corrected chi connectivity index (χ2v) is 9.08. The second-order valence-electron chi connectivity index (χ2n) is 7.46. The third-order valence-electron chi connectivity index (χ3n) is 4.34. The number of rotatable bonds is 3. The number of aromatic nitrogens is 2. The molecular formula is C18H27N3O2S. The summed E-state index contributed by atoms with van der Waals surface area (Å²) >= 11 is 0. The largest absolute Gasteiger partial charge is 0.276 e. The molecule has 1 aromatic heterocycles. The van der Waals surface area contributed by atoms with Crippen LogP contribution in [0, 0.1) is 27.7 Å². The third kappa shape index (κ3) is 3.34. The zero-order valence-electron chi connectivity index (χ0n) is 15.8. The summed E-state index contributed by atoms with van der Waals surface area (Å²) in [5.41, 5.74) is 4.62. The molecule has 5 nitrogen and oxygen atoms in total. The maximum atomic E-state index is 13.0. The molecule has 0 bridgehead atoms. The van der Waals surface area contributed by atoms with E-state index in [9.17, 15) is 8.42 Å². The first kappa shape index (κ1) is 18.5. The SMILES string of the molecule is Cc1cc(C(C)(C)C)cc(C)c1S(=O)(=O)Nc1c(C)nn(C)c1C. The highest BCUT2D eigenvalue weighted by molar-refractivity contribution is 7.92. The normalized spacial score (nSPS) is 12.5. The summed E-state index contributed by atoms with van der Waals surface area (Å²) in [6.45, 7) is 13.7. The number of sulfonamides is 1. The van der Waals surface area contributed by atoms with Crippen LogP contribution in [-0.2, 0) is 22.5 Å². The molecule has 2 rings (SSSR count). The average molecular weight is 350 g/mol. The highest BCUT2D eigenvalue weighted by Crippen LogP contribution is 2.31. The number of aryl methyl sites for hydroxylation is 4. The van der Waals surface area contributed by atoms with Gasteiger partial charge in [-0.1, -0.05) is 32.9 Å². The fraction of sp³-hybridized carbons (Fsp3) is 0.500. The summed E-state index contributed by atoms with van der Waals surface area (Å²) in [5.74, 6) is 0. The van der Waals surface area contributed by atoms with Gasteiger partial charge in [-0.3, -0.25) is 9.40 Å². The molecule has 0 radical (unpaired) electrons. The highest BCUT2D eigenvalue weighted by Gasteiger charge is 2.25. The molecule has 0 aliphatic heterocycles. The van der Waals surface area contributed by atoms with Gasteiger partial charge in [-0.25, -0.2) is 8.42 Å². The predicted molar refractivity (Wildman–Crippen MR) is 98.1 cm³/mol. The molecule has 0 amide bonds. The van der Waals surface area contributed by atoms with Crippen LogP contribution in [-0.4, -0.2) is 18.2 Å². The van der Waals surface area contributed by atoms with Gasteiger partial charge in [-0.2, -0.15) is 5.10 Å². The lowest BCUT2D eigenvalue weighted by Gasteiger charge is -2.22. The molecule has 24 heavy (non-hydrogen) atoms. The first-order valence-electron chi connectivity index (χ1n) is 7.99. The minimum Gasteiger partial charge on any atom is -0.276 e. The van der Waals surface area contributed by atoms with E-state index in [1.54, 1.807) is 18.7 Å². The smallest absolute Gasteiger partial charge is 0.262 e. The number of hydrogen-bond acceptors (Lipinski definition) is 3. The Morgan fingerprint density at radius 3 is 1.92 bits per heavy atom. The van der Waals surface area contributed by atoms with Crippen LogP contribution in [0.3, 0.4) is 0 Å². The molecule has 0 saturated carbocycles. The zero-order valence-corrected chi connectivity index (χ0v) is 16.6. The Labute approximate surface area is 145 Å². The average Bonchev–Trinajstić information content (AvgIpc) is 2.63. The molecule has 0 unspecified atom stereocenters. The van der Waals surface area contributed by atoms with Gasteiger partial charge in [-0.15, -0.1) is 0 Å². The first-order chi connectivity index (χ1) is 10.8. The molecule has 0 aliphatic rings. The van der Waals surface area contributed by atoms with E-state index in [1.165, 1.54) is 0 Å². The van der Waals surface area contributed by atoms with Crippen molar-refractivity contribution in [2.45, 2.75) is 58.8 Å². The highest BCUT2D eigenvalue weighted by atomic mass is 32.2. The van der Waals surface area contributed by atoms with Crippen LogP contribution >= 0.6 is 0 Å². The molecule has 132 valence electrons. The molecule has 0 atom stereocenters. The van der Waals surface area contributed by atoms with Gasteiger partial charge in [0.15, 0.2) is 0 Å². The predicted octanol–water partition coefficient (Wildman–Crippen LogP) is 3.75. The zero-order chi connectivity index (χ0) is 18.4. The third-order valence-corrected chi connectivity index (χ3v) is 5.99.